The predicted molar refractivity (Wildman–Crippen MR) is 66.8 cm³/mol. The van der Waals surface area contributed by atoms with Crippen LogP contribution in [0.15, 0.2) is 4.79 Å². The summed E-state index contributed by atoms with van der Waals surface area (Å²) in [7, 11) is 1.68. The Labute approximate surface area is 106 Å². The molecule has 0 radical (unpaired) electrons. The molecule has 1 atom stereocenters. The molecular weight excluding hydrogens is 240 g/mol. The number of aromatic nitrogens is 2. The summed E-state index contributed by atoms with van der Waals surface area (Å²) in [6, 6.07) is 0. The minimum atomic E-state index is 0.0508. The highest BCUT2D eigenvalue weighted by molar-refractivity contribution is 6.17. The number of alkyl halides is 1. The van der Waals surface area contributed by atoms with Crippen molar-refractivity contribution in [1.29, 1.82) is 0 Å². The number of halogens is 1. The van der Waals surface area contributed by atoms with E-state index in [0.29, 0.717) is 18.8 Å². The summed E-state index contributed by atoms with van der Waals surface area (Å²) in [4.78, 5) is 16.8. The van der Waals surface area contributed by atoms with Gasteiger partial charge in [-0.25, -0.2) is 4.98 Å². The molecule has 2 heterocycles. The zero-order valence-corrected chi connectivity index (χ0v) is 11.0. The number of hydrogen-bond donors (Lipinski definition) is 0. The van der Waals surface area contributed by atoms with E-state index in [-0.39, 0.29) is 11.7 Å². The third-order valence-electron chi connectivity index (χ3n) is 3.30. The molecular formula is C12H17ClN2O2. The third-order valence-corrected chi connectivity index (χ3v) is 3.49. The number of rotatable bonds is 3. The molecule has 4 nitrogen and oxygen atoms in total. The smallest absolute Gasteiger partial charge is 0.257 e. The van der Waals surface area contributed by atoms with Gasteiger partial charge in [0, 0.05) is 30.7 Å². The van der Waals surface area contributed by atoms with E-state index < -0.39 is 0 Å². The fourth-order valence-corrected chi connectivity index (χ4v) is 2.48. The highest BCUT2D eigenvalue weighted by atomic mass is 35.5. The topological polar surface area (TPSA) is 44.1 Å². The van der Waals surface area contributed by atoms with Gasteiger partial charge in [0.15, 0.2) is 0 Å². The molecule has 1 aliphatic rings. The number of methoxy groups -OCH3 is 1. The molecule has 0 amide bonds. The van der Waals surface area contributed by atoms with Crippen LogP contribution in [-0.2, 0) is 24.1 Å². The Balaban J connectivity index is 2.45. The Morgan fingerprint density at radius 3 is 3.00 bits per heavy atom. The Morgan fingerprint density at radius 2 is 2.35 bits per heavy atom. The first-order chi connectivity index (χ1) is 8.17. The molecule has 0 saturated heterocycles. The number of aryl methyl sites for hydroxylation is 2. The molecule has 0 unspecified atom stereocenters. The molecule has 0 aliphatic carbocycles. The molecule has 1 aromatic rings. The highest BCUT2D eigenvalue weighted by Gasteiger charge is 2.22. The molecule has 1 aliphatic heterocycles. The highest BCUT2D eigenvalue weighted by Crippen LogP contribution is 2.15. The summed E-state index contributed by atoms with van der Waals surface area (Å²) < 4.78 is 7.06. The normalized spacial score (nSPS) is 19.1. The molecule has 0 N–H and O–H groups in total. The standard InChI is InChI=1S/C12H17ClN2O2/c1-8-10(5-6-13)12(16)15-7-9(17-2)3-4-11(15)14-8/h9H,3-7H2,1-2H3/t9-/m1/s1. The van der Waals surface area contributed by atoms with Gasteiger partial charge in [0.2, 0.25) is 0 Å². The molecule has 2 rings (SSSR count). The van der Waals surface area contributed by atoms with Crippen molar-refractivity contribution in [2.24, 2.45) is 0 Å². The van der Waals surface area contributed by atoms with Crippen LogP contribution < -0.4 is 5.56 Å². The van der Waals surface area contributed by atoms with Crippen LogP contribution in [0.5, 0.6) is 0 Å². The molecule has 0 fully saturated rings. The van der Waals surface area contributed by atoms with Crippen LogP contribution in [0.2, 0.25) is 0 Å². The summed E-state index contributed by atoms with van der Waals surface area (Å²) >= 11 is 5.72. The lowest BCUT2D eigenvalue weighted by Gasteiger charge is -2.25. The summed E-state index contributed by atoms with van der Waals surface area (Å²) in [5.74, 6) is 1.32. The monoisotopic (exact) mass is 256 g/mol. The largest absolute Gasteiger partial charge is 0.380 e. The van der Waals surface area contributed by atoms with Gasteiger partial charge in [0.1, 0.15) is 5.82 Å². The van der Waals surface area contributed by atoms with Crippen molar-refractivity contribution in [3.05, 3.63) is 27.4 Å². The van der Waals surface area contributed by atoms with Crippen LogP contribution in [0, 0.1) is 6.92 Å². The average molecular weight is 257 g/mol. The Morgan fingerprint density at radius 1 is 1.59 bits per heavy atom. The quantitative estimate of drug-likeness (QED) is 0.766. The average Bonchev–Trinajstić information content (AvgIpc) is 2.34. The Hall–Kier alpha value is -0.870. The van der Waals surface area contributed by atoms with Gasteiger partial charge >= 0.3 is 0 Å². The number of ether oxygens (including phenoxy) is 1. The van der Waals surface area contributed by atoms with Gasteiger partial charge < -0.3 is 4.74 Å². The van der Waals surface area contributed by atoms with Crippen molar-refractivity contribution in [2.45, 2.75) is 38.8 Å². The van der Waals surface area contributed by atoms with Crippen molar-refractivity contribution in [3.63, 3.8) is 0 Å². The van der Waals surface area contributed by atoms with Gasteiger partial charge in [-0.05, 0) is 19.8 Å². The second-order valence-corrected chi connectivity index (χ2v) is 4.72. The number of fused-ring (bicyclic) bond motifs is 1. The first-order valence-corrected chi connectivity index (χ1v) is 6.38. The zero-order valence-electron chi connectivity index (χ0n) is 10.2. The molecule has 17 heavy (non-hydrogen) atoms. The number of nitrogens with zero attached hydrogens (tertiary/aromatic N) is 2. The van der Waals surface area contributed by atoms with E-state index in [1.807, 2.05) is 6.92 Å². The predicted octanol–water partition coefficient (Wildman–Crippen LogP) is 1.29. The molecule has 0 spiro atoms. The lowest BCUT2D eigenvalue weighted by Crippen LogP contribution is -2.38. The van der Waals surface area contributed by atoms with E-state index in [2.05, 4.69) is 4.98 Å². The molecule has 0 aromatic carbocycles. The third kappa shape index (κ3) is 2.38. The van der Waals surface area contributed by atoms with Crippen LogP contribution in [0.25, 0.3) is 0 Å². The van der Waals surface area contributed by atoms with Gasteiger partial charge in [-0.15, -0.1) is 11.6 Å². The van der Waals surface area contributed by atoms with E-state index in [1.54, 1.807) is 11.7 Å². The molecule has 94 valence electrons. The first-order valence-electron chi connectivity index (χ1n) is 5.85. The van der Waals surface area contributed by atoms with Crippen molar-refractivity contribution >= 4 is 11.6 Å². The van der Waals surface area contributed by atoms with Crippen molar-refractivity contribution in [1.82, 2.24) is 9.55 Å². The number of hydrogen-bond acceptors (Lipinski definition) is 3. The fourth-order valence-electron chi connectivity index (χ4n) is 2.30. The van der Waals surface area contributed by atoms with E-state index in [1.165, 1.54) is 0 Å². The van der Waals surface area contributed by atoms with Crippen molar-refractivity contribution < 1.29 is 4.74 Å². The molecule has 5 heteroatoms. The van der Waals surface area contributed by atoms with Crippen LogP contribution in [-0.4, -0.2) is 28.6 Å². The van der Waals surface area contributed by atoms with Crippen LogP contribution in [0.4, 0.5) is 0 Å². The summed E-state index contributed by atoms with van der Waals surface area (Å²) in [6.07, 6.45) is 2.43. The Kier molecular flexibility index (Phi) is 3.84. The molecule has 1 aromatic heterocycles. The van der Waals surface area contributed by atoms with Gasteiger partial charge in [-0.2, -0.15) is 0 Å². The minimum Gasteiger partial charge on any atom is -0.380 e. The van der Waals surface area contributed by atoms with Gasteiger partial charge in [0.25, 0.3) is 5.56 Å². The molecule has 0 saturated carbocycles. The maximum Gasteiger partial charge on any atom is 0.257 e. The summed E-state index contributed by atoms with van der Waals surface area (Å²) in [6.45, 7) is 2.49. The van der Waals surface area contributed by atoms with E-state index in [4.69, 9.17) is 16.3 Å². The minimum absolute atomic E-state index is 0.0508. The van der Waals surface area contributed by atoms with Gasteiger partial charge in [0.05, 0.1) is 12.6 Å². The fraction of sp³-hybridized carbons (Fsp3) is 0.667. The summed E-state index contributed by atoms with van der Waals surface area (Å²) in [5, 5.41) is 0. The Bertz CT molecular complexity index is 470. The SMILES string of the molecule is CO[C@@H]1CCc2nc(C)c(CCCl)c(=O)n2C1. The maximum atomic E-state index is 12.3. The van der Waals surface area contributed by atoms with Gasteiger partial charge in [-0.1, -0.05) is 0 Å². The molecule has 0 bridgehead atoms. The lowest BCUT2D eigenvalue weighted by atomic mass is 10.1. The summed E-state index contributed by atoms with van der Waals surface area (Å²) in [5.41, 5.74) is 1.60. The van der Waals surface area contributed by atoms with Crippen molar-refractivity contribution in [3.8, 4) is 0 Å². The van der Waals surface area contributed by atoms with E-state index in [0.717, 1.165) is 29.9 Å². The second-order valence-electron chi connectivity index (χ2n) is 4.34. The maximum absolute atomic E-state index is 12.3. The first kappa shape index (κ1) is 12.6. The zero-order chi connectivity index (χ0) is 12.4. The van der Waals surface area contributed by atoms with E-state index in [9.17, 15) is 4.79 Å². The van der Waals surface area contributed by atoms with E-state index >= 15 is 0 Å². The van der Waals surface area contributed by atoms with Gasteiger partial charge in [-0.3, -0.25) is 9.36 Å². The second kappa shape index (κ2) is 5.19. The van der Waals surface area contributed by atoms with Crippen LogP contribution >= 0.6 is 11.6 Å². The van der Waals surface area contributed by atoms with Crippen LogP contribution in [0.3, 0.4) is 0 Å². The van der Waals surface area contributed by atoms with Crippen molar-refractivity contribution in [2.75, 3.05) is 13.0 Å². The van der Waals surface area contributed by atoms with Crippen LogP contribution in [0.1, 0.15) is 23.5 Å². The lowest BCUT2D eigenvalue weighted by molar-refractivity contribution is 0.0684.